The summed E-state index contributed by atoms with van der Waals surface area (Å²) < 4.78 is 10.8. The molecule has 1 aromatic rings. The summed E-state index contributed by atoms with van der Waals surface area (Å²) in [6.07, 6.45) is 0. The van der Waals surface area contributed by atoms with Gasteiger partial charge in [0.05, 0.1) is 18.9 Å². The minimum atomic E-state index is -0.0654. The highest BCUT2D eigenvalue weighted by Crippen LogP contribution is 2.21. The van der Waals surface area contributed by atoms with Crippen LogP contribution in [0.2, 0.25) is 0 Å². The number of ether oxygens (including phenoxy) is 2. The number of benzene rings is 1. The lowest BCUT2D eigenvalue weighted by molar-refractivity contribution is -0.137. The first-order valence-electron chi connectivity index (χ1n) is 6.90. The van der Waals surface area contributed by atoms with Crippen molar-refractivity contribution in [2.75, 3.05) is 32.9 Å². The minimum absolute atomic E-state index is 0.0326. The third kappa shape index (κ3) is 3.95. The predicted molar refractivity (Wildman–Crippen MR) is 78.1 cm³/mol. The van der Waals surface area contributed by atoms with Gasteiger partial charge in [0, 0.05) is 18.7 Å². The summed E-state index contributed by atoms with van der Waals surface area (Å²) in [4.78, 5) is 13.8. The van der Waals surface area contributed by atoms with Crippen molar-refractivity contribution in [3.8, 4) is 5.75 Å². The molecule has 0 saturated carbocycles. The molecule has 0 atom stereocenters. The van der Waals surface area contributed by atoms with Gasteiger partial charge in [-0.2, -0.15) is 0 Å². The van der Waals surface area contributed by atoms with Crippen LogP contribution < -0.4 is 4.74 Å². The normalized spacial score (nSPS) is 15.9. The molecule has 0 unspecified atom stereocenters. The van der Waals surface area contributed by atoms with Gasteiger partial charge in [0.15, 0.2) is 6.61 Å². The van der Waals surface area contributed by atoms with Gasteiger partial charge in [-0.3, -0.25) is 4.79 Å². The molecule has 0 aliphatic carbocycles. The molecule has 1 aliphatic rings. The van der Waals surface area contributed by atoms with Crippen LogP contribution in [0, 0.1) is 6.92 Å². The Balaban J connectivity index is 2.05. The fraction of sp³-hybridized carbons (Fsp3) is 0.467. The van der Waals surface area contributed by atoms with Gasteiger partial charge in [-0.25, -0.2) is 0 Å². The Morgan fingerprint density at radius 1 is 1.43 bits per heavy atom. The second-order valence-electron chi connectivity index (χ2n) is 4.97. The SMILES string of the molecule is CC(=NO)c1ccc(C)cc1OCC(=O)N1CCOCC1. The van der Waals surface area contributed by atoms with Crippen LogP contribution in [0.4, 0.5) is 0 Å². The maximum absolute atomic E-state index is 12.1. The van der Waals surface area contributed by atoms with Gasteiger partial charge in [0.2, 0.25) is 0 Å². The topological polar surface area (TPSA) is 71.4 Å². The van der Waals surface area contributed by atoms with Crippen molar-refractivity contribution in [1.29, 1.82) is 0 Å². The average molecular weight is 292 g/mol. The Morgan fingerprint density at radius 3 is 2.81 bits per heavy atom. The van der Waals surface area contributed by atoms with Crippen LogP contribution in [0.5, 0.6) is 5.75 Å². The molecule has 21 heavy (non-hydrogen) atoms. The van der Waals surface area contributed by atoms with Crippen LogP contribution in [0.3, 0.4) is 0 Å². The molecule has 0 spiro atoms. The standard InChI is InChI=1S/C15H20N2O4/c1-11-3-4-13(12(2)16-19)14(9-11)21-10-15(18)17-5-7-20-8-6-17/h3-4,9,19H,5-8,10H2,1-2H3. The van der Waals surface area contributed by atoms with E-state index in [1.54, 1.807) is 11.8 Å². The van der Waals surface area contributed by atoms with Crippen molar-refractivity contribution in [2.45, 2.75) is 13.8 Å². The number of amides is 1. The van der Waals surface area contributed by atoms with Crippen molar-refractivity contribution in [3.63, 3.8) is 0 Å². The van der Waals surface area contributed by atoms with Gasteiger partial charge >= 0.3 is 0 Å². The molecule has 1 heterocycles. The Morgan fingerprint density at radius 2 is 2.14 bits per heavy atom. The molecule has 0 bridgehead atoms. The molecule has 1 amide bonds. The van der Waals surface area contributed by atoms with Crippen molar-refractivity contribution in [3.05, 3.63) is 29.3 Å². The van der Waals surface area contributed by atoms with E-state index in [-0.39, 0.29) is 12.5 Å². The molecular weight excluding hydrogens is 272 g/mol. The van der Waals surface area contributed by atoms with Crippen molar-refractivity contribution < 1.29 is 19.5 Å². The molecule has 1 fully saturated rings. The summed E-state index contributed by atoms with van der Waals surface area (Å²) in [6.45, 7) is 5.91. The lowest BCUT2D eigenvalue weighted by Gasteiger charge is -2.26. The summed E-state index contributed by atoms with van der Waals surface area (Å²) in [5.41, 5.74) is 2.14. The molecule has 6 heteroatoms. The first kappa shape index (κ1) is 15.3. The van der Waals surface area contributed by atoms with Gasteiger partial charge in [-0.1, -0.05) is 11.2 Å². The first-order valence-corrected chi connectivity index (χ1v) is 6.90. The number of hydrogen-bond donors (Lipinski definition) is 1. The van der Waals surface area contributed by atoms with Crippen LogP contribution in [0.25, 0.3) is 0 Å². The van der Waals surface area contributed by atoms with E-state index in [1.807, 2.05) is 25.1 Å². The smallest absolute Gasteiger partial charge is 0.260 e. The summed E-state index contributed by atoms with van der Waals surface area (Å²) in [5, 5.41) is 12.1. The number of oxime groups is 1. The number of rotatable bonds is 4. The van der Waals surface area contributed by atoms with E-state index in [2.05, 4.69) is 5.16 Å². The third-order valence-electron chi connectivity index (χ3n) is 3.39. The van der Waals surface area contributed by atoms with E-state index in [1.165, 1.54) is 0 Å². The molecule has 1 N–H and O–H groups in total. The molecule has 1 saturated heterocycles. The number of carbonyl (C=O) groups is 1. The molecule has 1 aromatic carbocycles. The Kier molecular flexibility index (Phi) is 5.16. The Bertz CT molecular complexity index is 536. The lowest BCUT2D eigenvalue weighted by Crippen LogP contribution is -2.43. The van der Waals surface area contributed by atoms with Gasteiger partial charge in [-0.15, -0.1) is 0 Å². The van der Waals surface area contributed by atoms with Crippen LogP contribution >= 0.6 is 0 Å². The van der Waals surface area contributed by atoms with Crippen LogP contribution in [0.15, 0.2) is 23.4 Å². The molecule has 0 radical (unpaired) electrons. The van der Waals surface area contributed by atoms with Crippen molar-refractivity contribution in [1.82, 2.24) is 4.90 Å². The third-order valence-corrected chi connectivity index (χ3v) is 3.39. The monoisotopic (exact) mass is 292 g/mol. The largest absolute Gasteiger partial charge is 0.483 e. The van der Waals surface area contributed by atoms with E-state index in [9.17, 15) is 4.79 Å². The average Bonchev–Trinajstić information content (AvgIpc) is 2.52. The highest BCUT2D eigenvalue weighted by Gasteiger charge is 2.18. The first-order chi connectivity index (χ1) is 10.1. The zero-order valence-corrected chi connectivity index (χ0v) is 12.3. The van der Waals surface area contributed by atoms with Crippen LogP contribution in [-0.4, -0.2) is 54.6 Å². The quantitative estimate of drug-likeness (QED) is 0.518. The second-order valence-corrected chi connectivity index (χ2v) is 4.97. The number of morpholine rings is 1. The molecule has 114 valence electrons. The van der Waals surface area contributed by atoms with E-state index in [0.29, 0.717) is 43.3 Å². The van der Waals surface area contributed by atoms with Crippen molar-refractivity contribution in [2.24, 2.45) is 5.16 Å². The maximum Gasteiger partial charge on any atom is 0.260 e. The zero-order valence-electron chi connectivity index (χ0n) is 12.3. The number of carbonyl (C=O) groups excluding carboxylic acids is 1. The molecular formula is C15H20N2O4. The van der Waals surface area contributed by atoms with Gasteiger partial charge in [0.1, 0.15) is 5.75 Å². The van der Waals surface area contributed by atoms with E-state index < -0.39 is 0 Å². The van der Waals surface area contributed by atoms with E-state index in [0.717, 1.165) is 5.56 Å². The van der Waals surface area contributed by atoms with Gasteiger partial charge in [-0.05, 0) is 31.5 Å². The molecule has 6 nitrogen and oxygen atoms in total. The van der Waals surface area contributed by atoms with Gasteiger partial charge in [0.25, 0.3) is 5.91 Å². The highest BCUT2D eigenvalue weighted by molar-refractivity contribution is 6.00. The summed E-state index contributed by atoms with van der Waals surface area (Å²) in [7, 11) is 0. The van der Waals surface area contributed by atoms with E-state index >= 15 is 0 Å². The Hall–Kier alpha value is -2.08. The number of hydrogen-bond acceptors (Lipinski definition) is 5. The number of aryl methyl sites for hydroxylation is 1. The molecule has 1 aliphatic heterocycles. The number of nitrogens with zero attached hydrogens (tertiary/aromatic N) is 2. The van der Waals surface area contributed by atoms with E-state index in [4.69, 9.17) is 14.7 Å². The maximum atomic E-state index is 12.1. The fourth-order valence-electron chi connectivity index (χ4n) is 2.15. The molecule has 2 rings (SSSR count). The Labute approximate surface area is 124 Å². The second kappa shape index (κ2) is 7.08. The minimum Gasteiger partial charge on any atom is -0.483 e. The zero-order chi connectivity index (χ0) is 15.2. The lowest BCUT2D eigenvalue weighted by atomic mass is 10.1. The molecule has 0 aromatic heterocycles. The van der Waals surface area contributed by atoms with Crippen molar-refractivity contribution >= 4 is 11.6 Å². The van der Waals surface area contributed by atoms with Crippen LogP contribution in [-0.2, 0) is 9.53 Å². The van der Waals surface area contributed by atoms with Crippen LogP contribution in [0.1, 0.15) is 18.1 Å². The predicted octanol–water partition coefficient (Wildman–Crippen LogP) is 1.43. The summed E-state index contributed by atoms with van der Waals surface area (Å²) >= 11 is 0. The van der Waals surface area contributed by atoms with Gasteiger partial charge < -0.3 is 19.6 Å². The highest BCUT2D eigenvalue weighted by atomic mass is 16.5. The summed E-state index contributed by atoms with van der Waals surface area (Å²) in [6, 6.07) is 5.55. The summed E-state index contributed by atoms with van der Waals surface area (Å²) in [5.74, 6) is 0.483. The fourth-order valence-corrected chi connectivity index (χ4v) is 2.15.